The van der Waals surface area contributed by atoms with Crippen LogP contribution in [0.15, 0.2) is 0 Å². The van der Waals surface area contributed by atoms with Crippen LogP contribution in [0.2, 0.25) is 0 Å². The van der Waals surface area contributed by atoms with Gasteiger partial charge in [0.15, 0.2) is 0 Å². The van der Waals surface area contributed by atoms with E-state index >= 15 is 0 Å². The third-order valence-electron chi connectivity index (χ3n) is 3.84. The summed E-state index contributed by atoms with van der Waals surface area (Å²) in [7, 11) is 1.57. The second-order valence-corrected chi connectivity index (χ2v) is 5.69. The van der Waals surface area contributed by atoms with Crippen LogP contribution < -0.4 is 11.1 Å². The molecule has 1 saturated carbocycles. The number of ether oxygens (including phenoxy) is 1. The summed E-state index contributed by atoms with van der Waals surface area (Å²) in [5, 5.41) is 11.7. The summed E-state index contributed by atoms with van der Waals surface area (Å²) in [6.45, 7) is 0.487. The van der Waals surface area contributed by atoms with Crippen molar-refractivity contribution in [1.29, 1.82) is 0 Å². The average molecular weight is 286 g/mol. The highest BCUT2D eigenvalue weighted by molar-refractivity contribution is 5.84. The van der Waals surface area contributed by atoms with E-state index in [1.54, 1.807) is 7.11 Å². The first-order valence-electron chi connectivity index (χ1n) is 7.27. The molecule has 1 rings (SSSR count). The molecule has 1 aliphatic rings. The molecule has 1 aliphatic carbocycles. The van der Waals surface area contributed by atoms with Gasteiger partial charge >= 0.3 is 5.97 Å². The van der Waals surface area contributed by atoms with E-state index in [-0.39, 0.29) is 12.3 Å². The molecule has 4 N–H and O–H groups in total. The molecule has 1 unspecified atom stereocenters. The Morgan fingerprint density at radius 1 is 1.35 bits per heavy atom. The van der Waals surface area contributed by atoms with Crippen LogP contribution in [0.25, 0.3) is 0 Å². The van der Waals surface area contributed by atoms with E-state index in [1.165, 1.54) is 0 Å². The summed E-state index contributed by atoms with van der Waals surface area (Å²) in [4.78, 5) is 23.1. The number of nitrogens with two attached hydrogens (primary N) is 1. The SMILES string of the molecule is COCCCC(NC(=O)CC1(N)CCCCC1)C(=O)O. The van der Waals surface area contributed by atoms with Crippen LogP contribution in [0.3, 0.4) is 0 Å². The van der Waals surface area contributed by atoms with Crippen LogP contribution in [0, 0.1) is 0 Å². The molecule has 0 saturated heterocycles. The Bertz CT molecular complexity index is 327. The molecular formula is C14H26N2O4. The van der Waals surface area contributed by atoms with Crippen molar-refractivity contribution in [2.75, 3.05) is 13.7 Å². The van der Waals surface area contributed by atoms with Crippen LogP contribution in [-0.4, -0.2) is 42.3 Å². The average Bonchev–Trinajstić information content (AvgIpc) is 2.37. The molecule has 1 fully saturated rings. The molecule has 20 heavy (non-hydrogen) atoms. The Hall–Kier alpha value is -1.14. The van der Waals surface area contributed by atoms with E-state index in [4.69, 9.17) is 15.6 Å². The summed E-state index contributed by atoms with van der Waals surface area (Å²) >= 11 is 0. The first kappa shape index (κ1) is 16.9. The minimum absolute atomic E-state index is 0.209. The van der Waals surface area contributed by atoms with E-state index in [0.29, 0.717) is 19.4 Å². The number of carbonyl (C=O) groups excluding carboxylic acids is 1. The normalized spacial score (nSPS) is 19.3. The first-order valence-corrected chi connectivity index (χ1v) is 7.27. The van der Waals surface area contributed by atoms with E-state index in [9.17, 15) is 9.59 Å². The fourth-order valence-electron chi connectivity index (χ4n) is 2.69. The van der Waals surface area contributed by atoms with Gasteiger partial charge in [0, 0.05) is 25.7 Å². The van der Waals surface area contributed by atoms with Crippen molar-refractivity contribution in [1.82, 2.24) is 5.32 Å². The molecule has 0 heterocycles. The molecule has 0 aromatic heterocycles. The summed E-state index contributed by atoms with van der Waals surface area (Å²) in [5.41, 5.74) is 5.74. The van der Waals surface area contributed by atoms with Crippen LogP contribution in [0.4, 0.5) is 0 Å². The highest BCUT2D eigenvalue weighted by Crippen LogP contribution is 2.28. The molecule has 1 amide bonds. The third kappa shape index (κ3) is 5.88. The van der Waals surface area contributed by atoms with Gasteiger partial charge < -0.3 is 20.9 Å². The van der Waals surface area contributed by atoms with Gasteiger partial charge in [0.1, 0.15) is 6.04 Å². The van der Waals surface area contributed by atoms with Crippen molar-refractivity contribution in [3.05, 3.63) is 0 Å². The molecule has 0 spiro atoms. The van der Waals surface area contributed by atoms with Gasteiger partial charge in [-0.1, -0.05) is 19.3 Å². The van der Waals surface area contributed by atoms with Crippen molar-refractivity contribution >= 4 is 11.9 Å². The second kappa shape index (κ2) is 8.21. The van der Waals surface area contributed by atoms with E-state index in [1.807, 2.05) is 0 Å². The third-order valence-corrected chi connectivity index (χ3v) is 3.84. The van der Waals surface area contributed by atoms with Crippen molar-refractivity contribution in [2.24, 2.45) is 5.73 Å². The van der Waals surface area contributed by atoms with Crippen LogP contribution in [0.5, 0.6) is 0 Å². The lowest BCUT2D eigenvalue weighted by atomic mass is 9.80. The lowest BCUT2D eigenvalue weighted by Gasteiger charge is -2.33. The minimum Gasteiger partial charge on any atom is -0.480 e. The zero-order valence-corrected chi connectivity index (χ0v) is 12.2. The molecular weight excluding hydrogens is 260 g/mol. The number of hydrogen-bond acceptors (Lipinski definition) is 4. The zero-order valence-electron chi connectivity index (χ0n) is 12.2. The number of hydrogen-bond donors (Lipinski definition) is 3. The van der Waals surface area contributed by atoms with Crippen LogP contribution >= 0.6 is 0 Å². The largest absolute Gasteiger partial charge is 0.480 e. The Morgan fingerprint density at radius 3 is 2.55 bits per heavy atom. The first-order chi connectivity index (χ1) is 9.47. The van der Waals surface area contributed by atoms with Gasteiger partial charge in [-0.15, -0.1) is 0 Å². The Balaban J connectivity index is 2.42. The minimum atomic E-state index is -1.01. The number of amides is 1. The lowest BCUT2D eigenvalue weighted by molar-refractivity contribution is -0.142. The highest BCUT2D eigenvalue weighted by atomic mass is 16.5. The van der Waals surface area contributed by atoms with Crippen molar-refractivity contribution < 1.29 is 19.4 Å². The van der Waals surface area contributed by atoms with Crippen molar-refractivity contribution in [3.8, 4) is 0 Å². The van der Waals surface area contributed by atoms with Gasteiger partial charge in [-0.3, -0.25) is 4.79 Å². The molecule has 116 valence electrons. The molecule has 6 nitrogen and oxygen atoms in total. The van der Waals surface area contributed by atoms with Gasteiger partial charge in [0.25, 0.3) is 0 Å². The number of methoxy groups -OCH3 is 1. The predicted molar refractivity (Wildman–Crippen MR) is 75.3 cm³/mol. The number of carbonyl (C=O) groups is 2. The summed E-state index contributed by atoms with van der Waals surface area (Å²) in [6.07, 6.45) is 6.09. The fraction of sp³-hybridized carbons (Fsp3) is 0.857. The number of rotatable bonds is 8. The number of carboxylic acid groups (broad SMARTS) is 1. The van der Waals surface area contributed by atoms with E-state index in [2.05, 4.69) is 5.32 Å². The number of carboxylic acids is 1. The molecule has 0 aromatic carbocycles. The molecule has 0 radical (unpaired) electrons. The molecule has 0 bridgehead atoms. The molecule has 0 aliphatic heterocycles. The molecule has 0 aromatic rings. The maximum absolute atomic E-state index is 12.0. The topological polar surface area (TPSA) is 102 Å². The fourth-order valence-corrected chi connectivity index (χ4v) is 2.69. The van der Waals surface area contributed by atoms with Crippen molar-refractivity contribution in [2.45, 2.75) is 62.9 Å². The maximum atomic E-state index is 12.0. The highest BCUT2D eigenvalue weighted by Gasteiger charge is 2.31. The lowest BCUT2D eigenvalue weighted by Crippen LogP contribution is -2.49. The molecule has 6 heteroatoms. The monoisotopic (exact) mass is 286 g/mol. The summed E-state index contributed by atoms with van der Waals surface area (Å²) < 4.78 is 4.89. The summed E-state index contributed by atoms with van der Waals surface area (Å²) in [5.74, 6) is -1.27. The summed E-state index contributed by atoms with van der Waals surface area (Å²) in [6, 6.07) is -0.857. The van der Waals surface area contributed by atoms with Gasteiger partial charge in [-0.05, 0) is 25.7 Å². The number of nitrogens with one attached hydrogen (secondary N) is 1. The Labute approximate surface area is 120 Å². The molecule has 1 atom stereocenters. The van der Waals surface area contributed by atoms with Gasteiger partial charge in [-0.2, -0.15) is 0 Å². The van der Waals surface area contributed by atoms with Gasteiger partial charge in [0.05, 0.1) is 0 Å². The number of aliphatic carboxylic acids is 1. The second-order valence-electron chi connectivity index (χ2n) is 5.69. The van der Waals surface area contributed by atoms with E-state index < -0.39 is 17.6 Å². The Kier molecular flexibility index (Phi) is 6.95. The quantitative estimate of drug-likeness (QED) is 0.579. The predicted octanol–water partition coefficient (Wildman–Crippen LogP) is 1.03. The van der Waals surface area contributed by atoms with E-state index in [0.717, 1.165) is 32.1 Å². The standard InChI is InChI=1S/C14H26N2O4/c1-20-9-5-6-11(13(18)19)16-12(17)10-14(15)7-3-2-4-8-14/h11H,2-10,15H2,1H3,(H,16,17)(H,18,19). The smallest absolute Gasteiger partial charge is 0.326 e. The van der Waals surface area contributed by atoms with Gasteiger partial charge in [-0.25, -0.2) is 4.79 Å². The Morgan fingerprint density at radius 2 is 2.00 bits per heavy atom. The maximum Gasteiger partial charge on any atom is 0.326 e. The zero-order chi connectivity index (χ0) is 15.0. The van der Waals surface area contributed by atoms with Gasteiger partial charge in [0.2, 0.25) is 5.91 Å². The van der Waals surface area contributed by atoms with Crippen LogP contribution in [0.1, 0.15) is 51.4 Å². The van der Waals surface area contributed by atoms with Crippen molar-refractivity contribution in [3.63, 3.8) is 0 Å². The van der Waals surface area contributed by atoms with Crippen LogP contribution in [-0.2, 0) is 14.3 Å².